The maximum Gasteiger partial charge on any atom is 0.239 e. The Hall–Kier alpha value is -0.810. The van der Waals surface area contributed by atoms with Gasteiger partial charge in [0.25, 0.3) is 0 Å². The Balaban J connectivity index is 0.00000162. The summed E-state index contributed by atoms with van der Waals surface area (Å²) >= 11 is 0. The summed E-state index contributed by atoms with van der Waals surface area (Å²) in [5, 5.41) is 6.25. The molecule has 2 N–H and O–H groups in total. The number of carbonyl (C=O) groups excluding carboxylic acids is 2. The summed E-state index contributed by atoms with van der Waals surface area (Å²) in [7, 11) is 0. The van der Waals surface area contributed by atoms with Crippen LogP contribution in [0.5, 0.6) is 0 Å². The van der Waals surface area contributed by atoms with E-state index in [1.165, 1.54) is 0 Å². The molecule has 2 amide bonds. The molecule has 0 aromatic heterocycles. The molecular formula is C12H22ClN3O2. The molecule has 5 nitrogen and oxygen atoms in total. The minimum atomic E-state index is -0.0195. The molecule has 0 saturated carbocycles. The van der Waals surface area contributed by atoms with E-state index in [0.29, 0.717) is 6.42 Å². The van der Waals surface area contributed by atoms with Crippen molar-refractivity contribution >= 4 is 24.2 Å². The molecule has 2 fully saturated rings. The highest BCUT2D eigenvalue weighted by Crippen LogP contribution is 2.10. The number of piperidine rings is 2. The molecule has 0 bridgehead atoms. The van der Waals surface area contributed by atoms with E-state index in [0.717, 1.165) is 45.3 Å². The number of carbonyl (C=O) groups is 2. The number of hydrogen-bond acceptors (Lipinski definition) is 3. The van der Waals surface area contributed by atoms with Gasteiger partial charge in [-0.25, -0.2) is 0 Å². The molecule has 0 aromatic carbocycles. The Bertz CT molecular complexity index is 293. The lowest BCUT2D eigenvalue weighted by molar-refractivity contribution is -0.138. The highest BCUT2D eigenvalue weighted by molar-refractivity contribution is 5.85. The smallest absolute Gasteiger partial charge is 0.239 e. The lowest BCUT2D eigenvalue weighted by Crippen LogP contribution is -2.50. The Morgan fingerprint density at radius 3 is 2.89 bits per heavy atom. The highest BCUT2D eigenvalue weighted by Gasteiger charge is 2.22. The monoisotopic (exact) mass is 275 g/mol. The predicted octanol–water partition coefficient (Wildman–Crippen LogP) is 0.289. The first-order valence-electron chi connectivity index (χ1n) is 6.53. The average Bonchev–Trinajstić information content (AvgIpc) is 2.33. The van der Waals surface area contributed by atoms with Crippen LogP contribution in [0.4, 0.5) is 0 Å². The molecule has 104 valence electrons. The fourth-order valence-corrected chi connectivity index (χ4v) is 2.45. The van der Waals surface area contributed by atoms with Crippen molar-refractivity contribution in [1.82, 2.24) is 15.5 Å². The topological polar surface area (TPSA) is 61.4 Å². The lowest BCUT2D eigenvalue weighted by atomic mass is 10.1. The molecular weight excluding hydrogens is 254 g/mol. The lowest BCUT2D eigenvalue weighted by Gasteiger charge is -2.28. The van der Waals surface area contributed by atoms with Crippen molar-refractivity contribution in [1.29, 1.82) is 0 Å². The van der Waals surface area contributed by atoms with Gasteiger partial charge in [-0.1, -0.05) is 0 Å². The molecule has 2 aliphatic heterocycles. The van der Waals surface area contributed by atoms with Crippen LogP contribution < -0.4 is 10.6 Å². The maximum absolute atomic E-state index is 11.8. The van der Waals surface area contributed by atoms with Crippen LogP contribution in [0.15, 0.2) is 0 Å². The summed E-state index contributed by atoms with van der Waals surface area (Å²) < 4.78 is 0. The standard InChI is InChI=1S/C12H21N3O2.ClH/c16-11(14-10-4-3-6-13-8-10)9-15-7-2-1-5-12(15)17;/h10,13H,1-9H2,(H,14,16);1H/t10-;/m0./s1. The zero-order chi connectivity index (χ0) is 12.1. The second kappa shape index (κ2) is 7.59. The third-order valence-corrected chi connectivity index (χ3v) is 3.42. The summed E-state index contributed by atoms with van der Waals surface area (Å²) in [5.41, 5.74) is 0. The number of nitrogens with one attached hydrogen (secondary N) is 2. The van der Waals surface area contributed by atoms with Crippen LogP contribution in [0, 0.1) is 0 Å². The van der Waals surface area contributed by atoms with Crippen molar-refractivity contribution in [2.45, 2.75) is 38.1 Å². The van der Waals surface area contributed by atoms with Gasteiger partial charge in [-0.3, -0.25) is 9.59 Å². The van der Waals surface area contributed by atoms with Gasteiger partial charge in [-0.15, -0.1) is 12.4 Å². The minimum Gasteiger partial charge on any atom is -0.351 e. The van der Waals surface area contributed by atoms with Gasteiger partial charge in [0.2, 0.25) is 11.8 Å². The quantitative estimate of drug-likeness (QED) is 0.778. The first-order chi connectivity index (χ1) is 8.25. The van der Waals surface area contributed by atoms with Gasteiger partial charge in [0.1, 0.15) is 0 Å². The number of rotatable bonds is 3. The van der Waals surface area contributed by atoms with E-state index in [4.69, 9.17) is 0 Å². The van der Waals surface area contributed by atoms with Crippen LogP contribution in [0.25, 0.3) is 0 Å². The van der Waals surface area contributed by atoms with Crippen molar-refractivity contribution in [3.8, 4) is 0 Å². The van der Waals surface area contributed by atoms with Crippen LogP contribution in [-0.4, -0.2) is 48.9 Å². The zero-order valence-electron chi connectivity index (χ0n) is 10.6. The number of likely N-dealkylation sites (tertiary alicyclic amines) is 1. The fourth-order valence-electron chi connectivity index (χ4n) is 2.45. The largest absolute Gasteiger partial charge is 0.351 e. The number of halogens is 1. The van der Waals surface area contributed by atoms with Crippen molar-refractivity contribution in [3.63, 3.8) is 0 Å². The van der Waals surface area contributed by atoms with E-state index in [1.807, 2.05) is 0 Å². The third-order valence-electron chi connectivity index (χ3n) is 3.42. The van der Waals surface area contributed by atoms with E-state index in [1.54, 1.807) is 4.90 Å². The zero-order valence-corrected chi connectivity index (χ0v) is 11.4. The summed E-state index contributed by atoms with van der Waals surface area (Å²) in [5.74, 6) is 0.0992. The molecule has 0 spiro atoms. The summed E-state index contributed by atoms with van der Waals surface area (Å²) in [6, 6.07) is 0.233. The molecule has 2 aliphatic rings. The summed E-state index contributed by atoms with van der Waals surface area (Å²) in [6.45, 7) is 2.85. The van der Waals surface area contributed by atoms with Crippen molar-refractivity contribution in [2.24, 2.45) is 0 Å². The van der Waals surface area contributed by atoms with Crippen LogP contribution in [0.2, 0.25) is 0 Å². The summed E-state index contributed by atoms with van der Waals surface area (Å²) in [6.07, 6.45) is 4.71. The van der Waals surface area contributed by atoms with Crippen molar-refractivity contribution in [3.05, 3.63) is 0 Å². The normalized spacial score (nSPS) is 24.3. The van der Waals surface area contributed by atoms with Crippen LogP contribution in [0.1, 0.15) is 32.1 Å². The second-order valence-electron chi connectivity index (χ2n) is 4.88. The average molecular weight is 276 g/mol. The Morgan fingerprint density at radius 1 is 1.39 bits per heavy atom. The number of amides is 2. The molecule has 0 aliphatic carbocycles. The Kier molecular flexibility index (Phi) is 6.43. The van der Waals surface area contributed by atoms with E-state index in [2.05, 4.69) is 10.6 Å². The van der Waals surface area contributed by atoms with Gasteiger partial charge >= 0.3 is 0 Å². The highest BCUT2D eigenvalue weighted by atomic mass is 35.5. The van der Waals surface area contributed by atoms with Crippen LogP contribution in [-0.2, 0) is 9.59 Å². The molecule has 1 atom stereocenters. The predicted molar refractivity (Wildman–Crippen MR) is 71.7 cm³/mol. The van der Waals surface area contributed by atoms with E-state index >= 15 is 0 Å². The molecule has 0 unspecified atom stereocenters. The van der Waals surface area contributed by atoms with Crippen LogP contribution >= 0.6 is 12.4 Å². The van der Waals surface area contributed by atoms with Crippen LogP contribution in [0.3, 0.4) is 0 Å². The van der Waals surface area contributed by atoms with E-state index < -0.39 is 0 Å². The van der Waals surface area contributed by atoms with Gasteiger partial charge in [-0.2, -0.15) is 0 Å². The molecule has 2 saturated heterocycles. The van der Waals surface area contributed by atoms with E-state index in [-0.39, 0.29) is 36.8 Å². The Labute approximate surface area is 114 Å². The fraction of sp³-hybridized carbons (Fsp3) is 0.833. The van der Waals surface area contributed by atoms with Gasteiger partial charge in [0.15, 0.2) is 0 Å². The maximum atomic E-state index is 11.8. The minimum absolute atomic E-state index is 0. The molecule has 0 aromatic rings. The van der Waals surface area contributed by atoms with Gasteiger partial charge < -0.3 is 15.5 Å². The van der Waals surface area contributed by atoms with Gasteiger partial charge in [0.05, 0.1) is 6.54 Å². The third kappa shape index (κ3) is 4.46. The second-order valence-corrected chi connectivity index (χ2v) is 4.88. The molecule has 18 heavy (non-hydrogen) atoms. The first kappa shape index (κ1) is 15.2. The molecule has 0 radical (unpaired) electrons. The van der Waals surface area contributed by atoms with Crippen molar-refractivity contribution < 1.29 is 9.59 Å². The van der Waals surface area contributed by atoms with Gasteiger partial charge in [-0.05, 0) is 32.2 Å². The molecule has 2 rings (SSSR count). The van der Waals surface area contributed by atoms with Crippen molar-refractivity contribution in [2.75, 3.05) is 26.2 Å². The number of nitrogens with zero attached hydrogens (tertiary/aromatic N) is 1. The number of hydrogen-bond donors (Lipinski definition) is 2. The SMILES string of the molecule is Cl.O=C(CN1CCCCC1=O)N[C@H]1CCCNC1. The molecule has 2 heterocycles. The molecule has 6 heteroatoms. The van der Waals surface area contributed by atoms with E-state index in [9.17, 15) is 9.59 Å². The Morgan fingerprint density at radius 2 is 2.22 bits per heavy atom. The van der Waals surface area contributed by atoms with Gasteiger partial charge in [0, 0.05) is 25.6 Å². The first-order valence-corrected chi connectivity index (χ1v) is 6.53. The summed E-state index contributed by atoms with van der Waals surface area (Å²) in [4.78, 5) is 25.0.